The molecule has 0 saturated carbocycles. The smallest absolute Gasteiger partial charge is 0.338 e. The van der Waals surface area contributed by atoms with Crippen LogP contribution in [0.5, 0.6) is 0 Å². The van der Waals surface area contributed by atoms with E-state index < -0.39 is 40.6 Å². The zero-order valence-electron chi connectivity index (χ0n) is 11.0. The summed E-state index contributed by atoms with van der Waals surface area (Å²) >= 11 is 0. The molecule has 0 aliphatic rings. The largest absolute Gasteiger partial charge is 0.481 e. The van der Waals surface area contributed by atoms with Gasteiger partial charge in [-0.3, -0.25) is 14.4 Å². The summed E-state index contributed by atoms with van der Waals surface area (Å²) in [6.07, 6.45) is 0. The normalized spacial score (nSPS) is 16.2. The van der Waals surface area contributed by atoms with Crippen LogP contribution in [0.15, 0.2) is 0 Å². The van der Waals surface area contributed by atoms with E-state index in [1.165, 1.54) is 0 Å². The number of carboxylic acid groups (broad SMARTS) is 3. The lowest BCUT2D eigenvalue weighted by Gasteiger charge is -2.41. The topological polar surface area (TPSA) is 138 Å². The van der Waals surface area contributed by atoms with Crippen molar-refractivity contribution in [1.82, 2.24) is 0 Å². The highest BCUT2D eigenvalue weighted by Gasteiger charge is 2.65. The first-order valence-electron chi connectivity index (χ1n) is 5.22. The number of carboxylic acids is 3. The second-order valence-electron chi connectivity index (χ2n) is 4.56. The number of Topliss-reactive ketones (excluding diaryl/α,β-unsaturated/α-hetero) is 1. The Morgan fingerprint density at radius 2 is 1.42 bits per heavy atom. The van der Waals surface area contributed by atoms with E-state index in [-0.39, 0.29) is 0 Å². The molecule has 0 aromatic heterocycles. The molecule has 0 aromatic carbocycles. The van der Waals surface area contributed by atoms with Gasteiger partial charge in [-0.2, -0.15) is 0 Å². The molecule has 0 fully saturated rings. The molecule has 19 heavy (non-hydrogen) atoms. The van der Waals surface area contributed by atoms with Crippen molar-refractivity contribution in [3.8, 4) is 0 Å². The average Bonchev–Trinajstić information content (AvgIpc) is 2.22. The minimum Gasteiger partial charge on any atom is -0.481 e. The van der Waals surface area contributed by atoms with Gasteiger partial charge in [-0.25, -0.2) is 4.79 Å². The maximum absolute atomic E-state index is 11.5. The number of ether oxygens (including phenoxy) is 1. The SMILES string of the molecule is COC(C(=O)O)(C(C(C)=O)C(=O)O)C(C)(C)C(=O)O. The molecule has 2 atom stereocenters. The Kier molecular flexibility index (Phi) is 4.80. The number of carbonyl (C=O) groups is 4. The monoisotopic (exact) mass is 276 g/mol. The summed E-state index contributed by atoms with van der Waals surface area (Å²) in [5, 5.41) is 27.4. The number of rotatable bonds is 7. The molecule has 0 aromatic rings. The Hall–Kier alpha value is -1.96. The zero-order valence-corrected chi connectivity index (χ0v) is 11.0. The van der Waals surface area contributed by atoms with Crippen molar-refractivity contribution in [3.63, 3.8) is 0 Å². The maximum atomic E-state index is 11.5. The van der Waals surface area contributed by atoms with Crippen LogP contribution in [0.3, 0.4) is 0 Å². The molecule has 0 amide bonds. The highest BCUT2D eigenvalue weighted by molar-refractivity contribution is 6.05. The second-order valence-corrected chi connectivity index (χ2v) is 4.56. The molecule has 8 nitrogen and oxygen atoms in total. The molecular weight excluding hydrogens is 260 g/mol. The van der Waals surface area contributed by atoms with Crippen molar-refractivity contribution < 1.29 is 39.2 Å². The molecular formula is C11H16O8. The van der Waals surface area contributed by atoms with Gasteiger partial charge in [0.05, 0.1) is 0 Å². The van der Waals surface area contributed by atoms with Gasteiger partial charge < -0.3 is 20.1 Å². The lowest BCUT2D eigenvalue weighted by molar-refractivity contribution is -0.206. The fourth-order valence-corrected chi connectivity index (χ4v) is 2.00. The first-order chi connectivity index (χ1) is 8.46. The molecule has 2 unspecified atom stereocenters. The highest BCUT2D eigenvalue weighted by atomic mass is 16.5. The van der Waals surface area contributed by atoms with Crippen LogP contribution in [0.25, 0.3) is 0 Å². The van der Waals surface area contributed by atoms with Crippen molar-refractivity contribution in [2.75, 3.05) is 7.11 Å². The van der Waals surface area contributed by atoms with Gasteiger partial charge in [-0.15, -0.1) is 0 Å². The summed E-state index contributed by atoms with van der Waals surface area (Å²) < 4.78 is 4.73. The van der Waals surface area contributed by atoms with Crippen LogP contribution in [0.4, 0.5) is 0 Å². The summed E-state index contributed by atoms with van der Waals surface area (Å²) in [4.78, 5) is 45.3. The minimum absolute atomic E-state index is 0.859. The quantitative estimate of drug-likeness (QED) is 0.546. The van der Waals surface area contributed by atoms with Gasteiger partial charge in [0, 0.05) is 7.11 Å². The van der Waals surface area contributed by atoms with Crippen molar-refractivity contribution in [2.45, 2.75) is 26.4 Å². The number of hydrogen-bond donors (Lipinski definition) is 3. The Labute approximate surface area is 109 Å². The molecule has 0 aliphatic heterocycles. The van der Waals surface area contributed by atoms with E-state index in [0.717, 1.165) is 27.9 Å². The lowest BCUT2D eigenvalue weighted by Crippen LogP contribution is -2.64. The summed E-state index contributed by atoms with van der Waals surface area (Å²) in [5.41, 5.74) is -4.85. The fourth-order valence-electron chi connectivity index (χ4n) is 2.00. The molecule has 8 heteroatoms. The van der Waals surface area contributed by atoms with Crippen LogP contribution in [0.2, 0.25) is 0 Å². The molecule has 0 aliphatic carbocycles. The minimum atomic E-state index is -2.71. The number of aliphatic carboxylic acids is 3. The number of hydrogen-bond acceptors (Lipinski definition) is 5. The third-order valence-corrected chi connectivity index (χ3v) is 3.16. The highest BCUT2D eigenvalue weighted by Crippen LogP contribution is 2.41. The molecule has 0 bridgehead atoms. The van der Waals surface area contributed by atoms with Gasteiger partial charge in [0.2, 0.25) is 5.60 Å². The number of ketones is 1. The standard InChI is InChI=1S/C11H16O8/c1-5(12)6(7(13)14)11(19-4,9(17)18)10(2,3)8(15)16/h6H,1-4H3,(H,13,14)(H,15,16)(H,17,18). The molecule has 0 heterocycles. The molecule has 108 valence electrons. The van der Waals surface area contributed by atoms with Crippen molar-refractivity contribution >= 4 is 23.7 Å². The van der Waals surface area contributed by atoms with Gasteiger partial charge in [0.1, 0.15) is 11.2 Å². The third-order valence-electron chi connectivity index (χ3n) is 3.16. The van der Waals surface area contributed by atoms with Gasteiger partial charge in [-0.05, 0) is 20.8 Å². The van der Waals surface area contributed by atoms with E-state index in [9.17, 15) is 24.3 Å². The van der Waals surface area contributed by atoms with E-state index in [4.69, 9.17) is 14.9 Å². The molecule has 0 spiro atoms. The predicted octanol–water partition coefficient (Wildman–Crippen LogP) is -0.143. The zero-order chi connectivity index (χ0) is 15.6. The summed E-state index contributed by atoms with van der Waals surface area (Å²) in [6.45, 7) is 2.85. The van der Waals surface area contributed by atoms with Crippen LogP contribution >= 0.6 is 0 Å². The second kappa shape index (κ2) is 5.35. The molecule has 3 N–H and O–H groups in total. The first kappa shape index (κ1) is 17.0. The summed E-state index contributed by atoms with van der Waals surface area (Å²) in [6, 6.07) is 0. The van der Waals surface area contributed by atoms with Crippen LogP contribution in [0.1, 0.15) is 20.8 Å². The van der Waals surface area contributed by atoms with Crippen LogP contribution < -0.4 is 0 Å². The Morgan fingerprint density at radius 1 is 1.00 bits per heavy atom. The Balaban J connectivity index is 6.36. The van der Waals surface area contributed by atoms with Crippen LogP contribution in [0, 0.1) is 11.3 Å². The van der Waals surface area contributed by atoms with Crippen LogP contribution in [-0.2, 0) is 23.9 Å². The third kappa shape index (κ3) is 2.43. The average molecular weight is 276 g/mol. The van der Waals surface area contributed by atoms with E-state index in [1.54, 1.807) is 0 Å². The predicted molar refractivity (Wildman–Crippen MR) is 60.6 cm³/mol. The Morgan fingerprint density at radius 3 is 1.58 bits per heavy atom. The van der Waals surface area contributed by atoms with E-state index in [1.807, 2.05) is 0 Å². The van der Waals surface area contributed by atoms with Crippen molar-refractivity contribution in [1.29, 1.82) is 0 Å². The van der Waals surface area contributed by atoms with Gasteiger partial charge >= 0.3 is 17.9 Å². The fraction of sp³-hybridized carbons (Fsp3) is 0.636. The lowest BCUT2D eigenvalue weighted by atomic mass is 9.66. The number of carbonyl (C=O) groups excluding carboxylic acids is 1. The maximum Gasteiger partial charge on any atom is 0.338 e. The van der Waals surface area contributed by atoms with Crippen LogP contribution in [-0.4, -0.2) is 51.7 Å². The Bertz CT molecular complexity index is 410. The van der Waals surface area contributed by atoms with E-state index >= 15 is 0 Å². The van der Waals surface area contributed by atoms with Gasteiger partial charge in [-0.1, -0.05) is 0 Å². The van der Waals surface area contributed by atoms with Crippen molar-refractivity contribution in [3.05, 3.63) is 0 Å². The molecule has 0 rings (SSSR count). The first-order valence-corrected chi connectivity index (χ1v) is 5.22. The summed E-state index contributed by atoms with van der Waals surface area (Å²) in [5.74, 6) is -8.33. The molecule has 0 radical (unpaired) electrons. The molecule has 0 saturated heterocycles. The van der Waals surface area contributed by atoms with Crippen molar-refractivity contribution in [2.24, 2.45) is 11.3 Å². The van der Waals surface area contributed by atoms with E-state index in [0.29, 0.717) is 0 Å². The number of methoxy groups -OCH3 is 1. The summed E-state index contributed by atoms with van der Waals surface area (Å²) in [7, 11) is 0.859. The van der Waals surface area contributed by atoms with Gasteiger partial charge in [0.15, 0.2) is 5.92 Å². The van der Waals surface area contributed by atoms with E-state index in [2.05, 4.69) is 0 Å². The van der Waals surface area contributed by atoms with Gasteiger partial charge in [0.25, 0.3) is 0 Å².